The topological polar surface area (TPSA) is 75.4 Å². The van der Waals surface area contributed by atoms with Crippen LogP contribution in [-0.4, -0.2) is 42.9 Å². The van der Waals surface area contributed by atoms with Gasteiger partial charge in [0.25, 0.3) is 0 Å². The van der Waals surface area contributed by atoms with Crippen LogP contribution in [0, 0.1) is 11.3 Å². The summed E-state index contributed by atoms with van der Waals surface area (Å²) in [6.45, 7) is 8.13. The van der Waals surface area contributed by atoms with E-state index in [1.807, 2.05) is 20.8 Å². The quantitative estimate of drug-likeness (QED) is 0.709. The maximum atomic E-state index is 12.4. The molecule has 0 aliphatic carbocycles. The second kappa shape index (κ2) is 5.49. The number of carbonyl (C=O) groups excluding carboxylic acids is 2. The highest BCUT2D eigenvalue weighted by atomic mass is 16.2. The van der Waals surface area contributed by atoms with Crippen LogP contribution in [0.2, 0.25) is 0 Å². The Morgan fingerprint density at radius 3 is 2.53 bits per heavy atom. The predicted octanol–water partition coefficient (Wildman–Crippen LogP) is -0.0441. The van der Waals surface area contributed by atoms with E-state index >= 15 is 0 Å². The molecule has 0 radical (unpaired) electrons. The van der Waals surface area contributed by atoms with Gasteiger partial charge >= 0.3 is 0 Å². The zero-order valence-electron chi connectivity index (χ0n) is 11.0. The first kappa shape index (κ1) is 14.0. The van der Waals surface area contributed by atoms with Crippen LogP contribution in [0.4, 0.5) is 0 Å². The van der Waals surface area contributed by atoms with Crippen molar-refractivity contribution in [2.24, 2.45) is 17.1 Å². The van der Waals surface area contributed by atoms with Gasteiger partial charge in [-0.1, -0.05) is 13.8 Å². The van der Waals surface area contributed by atoms with Crippen molar-refractivity contribution in [3.63, 3.8) is 0 Å². The molecular weight excluding hydrogens is 218 g/mol. The largest absolute Gasteiger partial charge is 0.368 e. The van der Waals surface area contributed by atoms with Gasteiger partial charge in [-0.3, -0.25) is 9.59 Å². The molecule has 5 heteroatoms. The third kappa shape index (κ3) is 3.70. The Bertz CT molecular complexity index is 296. The number of nitrogens with two attached hydrogens (primary N) is 1. The van der Waals surface area contributed by atoms with Gasteiger partial charge in [0.2, 0.25) is 11.8 Å². The normalized spacial score (nSPS) is 24.0. The molecule has 2 amide bonds. The van der Waals surface area contributed by atoms with E-state index in [-0.39, 0.29) is 17.9 Å². The molecule has 1 heterocycles. The summed E-state index contributed by atoms with van der Waals surface area (Å²) in [5.74, 6) is -0.0835. The highest BCUT2D eigenvalue weighted by Gasteiger charge is 2.39. The summed E-state index contributed by atoms with van der Waals surface area (Å²) in [6.07, 6.45) is 0.819. The highest BCUT2D eigenvalue weighted by Crippen LogP contribution is 2.27. The van der Waals surface area contributed by atoms with Crippen LogP contribution >= 0.6 is 0 Å². The van der Waals surface area contributed by atoms with E-state index in [1.54, 1.807) is 4.90 Å². The molecule has 0 saturated carbocycles. The zero-order chi connectivity index (χ0) is 13.1. The Balaban J connectivity index is 2.74. The van der Waals surface area contributed by atoms with Crippen LogP contribution in [0.3, 0.4) is 0 Å². The first-order valence-corrected chi connectivity index (χ1v) is 6.13. The molecule has 0 aromatic carbocycles. The zero-order valence-corrected chi connectivity index (χ0v) is 11.0. The van der Waals surface area contributed by atoms with Gasteiger partial charge in [0.1, 0.15) is 0 Å². The van der Waals surface area contributed by atoms with Crippen LogP contribution in [0.1, 0.15) is 27.2 Å². The monoisotopic (exact) mass is 241 g/mol. The Kier molecular flexibility index (Phi) is 4.51. The van der Waals surface area contributed by atoms with Crippen LogP contribution in [-0.2, 0) is 9.59 Å². The molecule has 98 valence electrons. The molecule has 1 fully saturated rings. The number of nitrogens with zero attached hydrogens (tertiary/aromatic N) is 1. The van der Waals surface area contributed by atoms with Crippen molar-refractivity contribution >= 4 is 11.8 Å². The summed E-state index contributed by atoms with van der Waals surface area (Å²) < 4.78 is 0. The third-order valence-corrected chi connectivity index (χ3v) is 3.10. The average Bonchev–Trinajstić information content (AvgIpc) is 2.63. The number of nitrogens with one attached hydrogen (secondary N) is 1. The van der Waals surface area contributed by atoms with Crippen molar-refractivity contribution in [2.45, 2.75) is 27.2 Å². The Morgan fingerprint density at radius 2 is 2.12 bits per heavy atom. The molecule has 0 bridgehead atoms. The molecule has 17 heavy (non-hydrogen) atoms. The van der Waals surface area contributed by atoms with Crippen LogP contribution in [0.5, 0.6) is 0 Å². The van der Waals surface area contributed by atoms with E-state index in [2.05, 4.69) is 5.32 Å². The maximum Gasteiger partial charge on any atom is 0.237 e. The number of primary amides is 1. The molecule has 1 aliphatic heterocycles. The standard InChI is InChI=1S/C12H23N3O2/c1-9(2)6-15(7-10(13)16)11(17)12(3)4-5-14-8-12/h9,14H,4-8H2,1-3H3,(H2,13,16). The smallest absolute Gasteiger partial charge is 0.237 e. The first-order valence-electron chi connectivity index (χ1n) is 6.13. The second-order valence-electron chi connectivity index (χ2n) is 5.53. The van der Waals surface area contributed by atoms with Gasteiger partial charge in [-0.25, -0.2) is 0 Å². The molecule has 1 atom stereocenters. The van der Waals surface area contributed by atoms with Gasteiger partial charge in [0.15, 0.2) is 0 Å². The van der Waals surface area contributed by atoms with Gasteiger partial charge < -0.3 is 16.0 Å². The number of hydrogen-bond donors (Lipinski definition) is 2. The van der Waals surface area contributed by atoms with E-state index in [1.165, 1.54) is 0 Å². The number of amides is 2. The summed E-state index contributed by atoms with van der Waals surface area (Å²) in [6, 6.07) is 0. The van der Waals surface area contributed by atoms with Crippen molar-refractivity contribution in [3.05, 3.63) is 0 Å². The van der Waals surface area contributed by atoms with Gasteiger partial charge in [-0.15, -0.1) is 0 Å². The Hall–Kier alpha value is -1.10. The Labute approximate surface area is 103 Å². The molecule has 0 spiro atoms. The summed E-state index contributed by atoms with van der Waals surface area (Å²) in [5.41, 5.74) is 4.82. The highest BCUT2D eigenvalue weighted by molar-refractivity contribution is 5.87. The molecule has 1 unspecified atom stereocenters. The van der Waals surface area contributed by atoms with Crippen molar-refractivity contribution in [2.75, 3.05) is 26.2 Å². The maximum absolute atomic E-state index is 12.4. The molecule has 1 aliphatic rings. The van der Waals surface area contributed by atoms with Gasteiger partial charge in [-0.05, 0) is 25.8 Å². The van der Waals surface area contributed by atoms with E-state index < -0.39 is 5.91 Å². The van der Waals surface area contributed by atoms with Crippen molar-refractivity contribution < 1.29 is 9.59 Å². The SMILES string of the molecule is CC(C)CN(CC(N)=O)C(=O)C1(C)CCNC1. The summed E-state index contributed by atoms with van der Waals surface area (Å²) in [7, 11) is 0. The minimum Gasteiger partial charge on any atom is -0.368 e. The minimum absolute atomic E-state index is 0.0204. The van der Waals surface area contributed by atoms with Crippen LogP contribution < -0.4 is 11.1 Å². The summed E-state index contributed by atoms with van der Waals surface area (Å²) in [5, 5.41) is 3.19. The van der Waals surface area contributed by atoms with Crippen molar-refractivity contribution in [3.8, 4) is 0 Å². The van der Waals surface area contributed by atoms with Crippen LogP contribution in [0.15, 0.2) is 0 Å². The van der Waals surface area contributed by atoms with Gasteiger partial charge in [0.05, 0.1) is 12.0 Å². The molecule has 3 N–H and O–H groups in total. The van der Waals surface area contributed by atoms with E-state index in [0.29, 0.717) is 19.0 Å². The molecular formula is C12H23N3O2. The third-order valence-electron chi connectivity index (χ3n) is 3.10. The fraction of sp³-hybridized carbons (Fsp3) is 0.833. The molecule has 0 aromatic heterocycles. The lowest BCUT2D eigenvalue weighted by Gasteiger charge is -2.31. The molecule has 1 rings (SSSR count). The van der Waals surface area contributed by atoms with Crippen molar-refractivity contribution in [1.29, 1.82) is 0 Å². The molecule has 5 nitrogen and oxygen atoms in total. The van der Waals surface area contributed by atoms with Gasteiger partial charge in [0, 0.05) is 13.1 Å². The summed E-state index contributed by atoms with van der Waals surface area (Å²) >= 11 is 0. The number of rotatable bonds is 5. The number of carbonyl (C=O) groups is 2. The van der Waals surface area contributed by atoms with E-state index in [9.17, 15) is 9.59 Å². The average molecular weight is 241 g/mol. The van der Waals surface area contributed by atoms with E-state index in [0.717, 1.165) is 13.0 Å². The van der Waals surface area contributed by atoms with Crippen LogP contribution in [0.25, 0.3) is 0 Å². The lowest BCUT2D eigenvalue weighted by atomic mass is 9.87. The molecule has 1 saturated heterocycles. The molecule has 0 aromatic rings. The fourth-order valence-electron chi connectivity index (χ4n) is 2.23. The summed E-state index contributed by atoms with van der Waals surface area (Å²) in [4.78, 5) is 25.0. The second-order valence-corrected chi connectivity index (χ2v) is 5.53. The Morgan fingerprint density at radius 1 is 1.47 bits per heavy atom. The van der Waals surface area contributed by atoms with E-state index in [4.69, 9.17) is 5.73 Å². The number of hydrogen-bond acceptors (Lipinski definition) is 3. The fourth-order valence-corrected chi connectivity index (χ4v) is 2.23. The van der Waals surface area contributed by atoms with Crippen molar-refractivity contribution in [1.82, 2.24) is 10.2 Å². The van der Waals surface area contributed by atoms with Gasteiger partial charge in [-0.2, -0.15) is 0 Å². The first-order chi connectivity index (χ1) is 7.85. The minimum atomic E-state index is -0.450. The lowest BCUT2D eigenvalue weighted by Crippen LogP contribution is -2.48. The predicted molar refractivity (Wildman–Crippen MR) is 66.2 cm³/mol. The lowest BCUT2D eigenvalue weighted by molar-refractivity contribution is -0.143.